The Kier molecular flexibility index (Phi) is 3.98. The van der Waals surface area contributed by atoms with Crippen molar-refractivity contribution in [2.75, 3.05) is 0 Å². The molecule has 0 radical (unpaired) electrons. The molecule has 5 heteroatoms. The zero-order chi connectivity index (χ0) is 10.7. The monoisotopic (exact) mass is 258 g/mol. The molecule has 0 aliphatic rings. The van der Waals surface area contributed by atoms with Crippen LogP contribution in [-0.4, -0.2) is 23.3 Å². The summed E-state index contributed by atoms with van der Waals surface area (Å²) in [5.74, 6) is 0.623. The summed E-state index contributed by atoms with van der Waals surface area (Å²) in [5, 5.41) is 18.0. The first-order valence-corrected chi connectivity index (χ1v) is 5.11. The van der Waals surface area contributed by atoms with Crippen molar-refractivity contribution in [3.63, 3.8) is 0 Å². The first-order valence-electron chi connectivity index (χ1n) is 4.32. The van der Waals surface area contributed by atoms with E-state index in [-0.39, 0.29) is 6.10 Å². The van der Waals surface area contributed by atoms with Gasteiger partial charge in [0, 0.05) is 4.47 Å². The van der Waals surface area contributed by atoms with Crippen molar-refractivity contribution in [2.45, 2.75) is 20.0 Å². The first kappa shape index (κ1) is 11.6. The standard InChI is InChI=1S/C9H12BBrO3/c1-6(2)14-9-4-7(10(12)13)3-8(11)5-9/h3-6,12-13H,1-2H3. The summed E-state index contributed by atoms with van der Waals surface area (Å²) >= 11 is 3.27. The third-order valence-corrected chi connectivity index (χ3v) is 2.02. The highest BCUT2D eigenvalue weighted by molar-refractivity contribution is 9.10. The largest absolute Gasteiger partial charge is 0.491 e. The predicted molar refractivity (Wildman–Crippen MR) is 59.7 cm³/mol. The second-order valence-electron chi connectivity index (χ2n) is 3.26. The van der Waals surface area contributed by atoms with Crippen molar-refractivity contribution in [3.05, 3.63) is 22.7 Å². The molecule has 0 amide bonds. The fraction of sp³-hybridized carbons (Fsp3) is 0.333. The molecule has 0 saturated carbocycles. The Hall–Kier alpha value is -0.515. The normalized spacial score (nSPS) is 10.4. The second kappa shape index (κ2) is 4.82. The molecule has 0 atom stereocenters. The van der Waals surface area contributed by atoms with Crippen LogP contribution < -0.4 is 10.2 Å². The van der Waals surface area contributed by atoms with E-state index in [4.69, 9.17) is 14.8 Å². The maximum Gasteiger partial charge on any atom is 0.488 e. The molecular formula is C9H12BBrO3. The van der Waals surface area contributed by atoms with E-state index in [9.17, 15) is 0 Å². The van der Waals surface area contributed by atoms with Gasteiger partial charge in [-0.1, -0.05) is 15.9 Å². The van der Waals surface area contributed by atoms with Crippen LogP contribution in [0.25, 0.3) is 0 Å². The van der Waals surface area contributed by atoms with Crippen LogP contribution in [0.4, 0.5) is 0 Å². The Labute approximate surface area is 92.0 Å². The van der Waals surface area contributed by atoms with E-state index in [1.54, 1.807) is 18.2 Å². The van der Waals surface area contributed by atoms with Gasteiger partial charge in [0.2, 0.25) is 0 Å². The summed E-state index contributed by atoms with van der Waals surface area (Å²) in [5.41, 5.74) is 0.412. The lowest BCUT2D eigenvalue weighted by Crippen LogP contribution is -2.30. The third-order valence-electron chi connectivity index (χ3n) is 1.56. The lowest BCUT2D eigenvalue weighted by Gasteiger charge is -2.11. The summed E-state index contributed by atoms with van der Waals surface area (Å²) in [7, 11) is -1.47. The van der Waals surface area contributed by atoms with Crippen LogP contribution in [0.3, 0.4) is 0 Å². The SMILES string of the molecule is CC(C)Oc1cc(Br)cc(B(O)O)c1. The molecule has 0 spiro atoms. The molecule has 2 N–H and O–H groups in total. The van der Waals surface area contributed by atoms with Crippen LogP contribution in [0.5, 0.6) is 5.75 Å². The number of benzene rings is 1. The van der Waals surface area contributed by atoms with Crippen LogP contribution in [0.2, 0.25) is 0 Å². The van der Waals surface area contributed by atoms with Gasteiger partial charge in [-0.25, -0.2) is 0 Å². The number of ether oxygens (including phenoxy) is 1. The van der Waals surface area contributed by atoms with Gasteiger partial charge in [-0.05, 0) is 37.5 Å². The molecule has 1 aromatic rings. The van der Waals surface area contributed by atoms with E-state index in [1.807, 2.05) is 13.8 Å². The second-order valence-corrected chi connectivity index (χ2v) is 4.18. The molecule has 76 valence electrons. The van der Waals surface area contributed by atoms with Crippen molar-refractivity contribution < 1.29 is 14.8 Å². The van der Waals surface area contributed by atoms with E-state index in [2.05, 4.69) is 15.9 Å². The topological polar surface area (TPSA) is 49.7 Å². The molecule has 0 fully saturated rings. The molecule has 0 saturated heterocycles. The Balaban J connectivity index is 2.95. The lowest BCUT2D eigenvalue weighted by molar-refractivity contribution is 0.242. The Morgan fingerprint density at radius 1 is 1.29 bits per heavy atom. The fourth-order valence-electron chi connectivity index (χ4n) is 1.07. The molecular weight excluding hydrogens is 247 g/mol. The zero-order valence-electron chi connectivity index (χ0n) is 8.07. The predicted octanol–water partition coefficient (Wildman–Crippen LogP) is 0.916. The van der Waals surface area contributed by atoms with Crippen molar-refractivity contribution >= 4 is 28.5 Å². The Bertz CT molecular complexity index is 315. The fourth-order valence-corrected chi connectivity index (χ4v) is 1.56. The molecule has 1 aromatic carbocycles. The lowest BCUT2D eigenvalue weighted by atomic mass is 9.80. The van der Waals surface area contributed by atoms with Crippen LogP contribution in [0.15, 0.2) is 22.7 Å². The van der Waals surface area contributed by atoms with Crippen LogP contribution in [0, 0.1) is 0 Å². The Morgan fingerprint density at radius 2 is 1.93 bits per heavy atom. The average Bonchev–Trinajstić information content (AvgIpc) is 2.01. The number of hydrogen-bond donors (Lipinski definition) is 2. The van der Waals surface area contributed by atoms with Crippen molar-refractivity contribution in [3.8, 4) is 5.75 Å². The molecule has 0 bridgehead atoms. The third kappa shape index (κ3) is 3.33. The van der Waals surface area contributed by atoms with Crippen LogP contribution in [-0.2, 0) is 0 Å². The summed E-state index contributed by atoms with van der Waals surface area (Å²) in [6.07, 6.45) is 0.0629. The van der Waals surface area contributed by atoms with E-state index in [0.717, 1.165) is 4.47 Å². The van der Waals surface area contributed by atoms with Crippen molar-refractivity contribution in [1.82, 2.24) is 0 Å². The summed E-state index contributed by atoms with van der Waals surface area (Å²) in [6.45, 7) is 3.83. The molecule has 0 aliphatic heterocycles. The van der Waals surface area contributed by atoms with Crippen molar-refractivity contribution in [2.24, 2.45) is 0 Å². The van der Waals surface area contributed by atoms with Gasteiger partial charge in [0.1, 0.15) is 5.75 Å². The van der Waals surface area contributed by atoms with E-state index in [0.29, 0.717) is 11.2 Å². The van der Waals surface area contributed by atoms with Crippen LogP contribution in [0.1, 0.15) is 13.8 Å². The van der Waals surface area contributed by atoms with E-state index < -0.39 is 7.12 Å². The van der Waals surface area contributed by atoms with Gasteiger partial charge in [0.05, 0.1) is 6.10 Å². The molecule has 0 aliphatic carbocycles. The van der Waals surface area contributed by atoms with Crippen LogP contribution >= 0.6 is 15.9 Å². The average molecular weight is 259 g/mol. The molecule has 0 unspecified atom stereocenters. The molecule has 1 rings (SSSR count). The number of hydrogen-bond acceptors (Lipinski definition) is 3. The quantitative estimate of drug-likeness (QED) is 0.793. The highest BCUT2D eigenvalue weighted by atomic mass is 79.9. The van der Waals surface area contributed by atoms with E-state index in [1.165, 1.54) is 0 Å². The summed E-state index contributed by atoms with van der Waals surface area (Å²) in [6, 6.07) is 5.03. The van der Waals surface area contributed by atoms with E-state index >= 15 is 0 Å². The minimum absolute atomic E-state index is 0.0629. The van der Waals surface area contributed by atoms with Gasteiger partial charge in [-0.3, -0.25) is 0 Å². The highest BCUT2D eigenvalue weighted by Gasteiger charge is 2.13. The molecule has 0 aromatic heterocycles. The first-order chi connectivity index (χ1) is 6.49. The van der Waals surface area contributed by atoms with Gasteiger partial charge < -0.3 is 14.8 Å². The zero-order valence-corrected chi connectivity index (χ0v) is 9.65. The Morgan fingerprint density at radius 3 is 2.43 bits per heavy atom. The van der Waals surface area contributed by atoms with Gasteiger partial charge in [-0.2, -0.15) is 0 Å². The molecule has 3 nitrogen and oxygen atoms in total. The maximum atomic E-state index is 8.99. The minimum Gasteiger partial charge on any atom is -0.491 e. The molecule has 0 heterocycles. The van der Waals surface area contributed by atoms with Gasteiger partial charge in [0.15, 0.2) is 0 Å². The smallest absolute Gasteiger partial charge is 0.488 e. The maximum absolute atomic E-state index is 8.99. The number of halogens is 1. The molecule has 14 heavy (non-hydrogen) atoms. The highest BCUT2D eigenvalue weighted by Crippen LogP contribution is 2.17. The number of rotatable bonds is 3. The van der Waals surface area contributed by atoms with Gasteiger partial charge >= 0.3 is 7.12 Å². The minimum atomic E-state index is -1.47. The van der Waals surface area contributed by atoms with Gasteiger partial charge in [-0.15, -0.1) is 0 Å². The van der Waals surface area contributed by atoms with Gasteiger partial charge in [0.25, 0.3) is 0 Å². The summed E-state index contributed by atoms with van der Waals surface area (Å²) in [4.78, 5) is 0. The summed E-state index contributed by atoms with van der Waals surface area (Å²) < 4.78 is 6.20. The van der Waals surface area contributed by atoms with Crippen molar-refractivity contribution in [1.29, 1.82) is 0 Å².